The Morgan fingerprint density at radius 2 is 0.958 bits per heavy atom. The molecule has 10 heteroatoms. The van der Waals surface area contributed by atoms with Crippen LogP contribution < -0.4 is 10.6 Å². The zero-order valence-electron chi connectivity index (χ0n) is 11.3. The van der Waals surface area contributed by atoms with Gasteiger partial charge >= 0.3 is 12.4 Å². The summed E-state index contributed by atoms with van der Waals surface area (Å²) in [7, 11) is -2.34. The highest BCUT2D eigenvalue weighted by atomic mass is 35.7. The van der Waals surface area contributed by atoms with Crippen LogP contribution in [0, 0.1) is 11.6 Å². The van der Waals surface area contributed by atoms with Gasteiger partial charge in [-0.1, -0.05) is 11.2 Å². The lowest BCUT2D eigenvalue weighted by molar-refractivity contribution is -0.138. The third kappa shape index (κ3) is 4.36. The second-order valence-electron chi connectivity index (χ2n) is 4.67. The zero-order chi connectivity index (χ0) is 18.3. The third-order valence-electron chi connectivity index (χ3n) is 2.87. The highest BCUT2D eigenvalue weighted by Crippen LogP contribution is 2.42. The zero-order valence-corrected chi connectivity index (χ0v) is 13.0. The quantitative estimate of drug-likeness (QED) is 0.462. The smallest absolute Gasteiger partial charge is 0.207 e. The van der Waals surface area contributed by atoms with Crippen LogP contribution in [0.3, 0.4) is 0 Å². The third-order valence-corrected chi connectivity index (χ3v) is 5.47. The topological polar surface area (TPSA) is 0 Å². The summed E-state index contributed by atoms with van der Waals surface area (Å²) in [5, 5.41) is -0.754. The molecule has 0 saturated heterocycles. The number of alkyl halides is 6. The first-order chi connectivity index (χ1) is 10.9. The van der Waals surface area contributed by atoms with Crippen molar-refractivity contribution in [3.8, 4) is 0 Å². The van der Waals surface area contributed by atoms with Gasteiger partial charge in [-0.25, -0.2) is 8.78 Å². The van der Waals surface area contributed by atoms with Crippen LogP contribution in [-0.4, -0.2) is 0 Å². The predicted octanol–water partition coefficient (Wildman–Crippen LogP) is 5.59. The molecule has 0 nitrogen and oxygen atoms in total. The lowest BCUT2D eigenvalue weighted by atomic mass is 10.2. The SMILES string of the molecule is Fc1cc(P(Cl)c2cc(F)cc(C(F)(F)F)c2)cc(C(F)(F)F)c1. The summed E-state index contributed by atoms with van der Waals surface area (Å²) in [4.78, 5) is 0. The highest BCUT2D eigenvalue weighted by Gasteiger charge is 2.34. The molecule has 0 amide bonds. The van der Waals surface area contributed by atoms with Gasteiger partial charge in [-0.05, 0) is 47.0 Å². The molecule has 24 heavy (non-hydrogen) atoms. The fourth-order valence-electron chi connectivity index (χ4n) is 1.85. The Kier molecular flexibility index (Phi) is 5.11. The Morgan fingerprint density at radius 3 is 1.25 bits per heavy atom. The molecule has 2 aromatic carbocycles. The van der Waals surface area contributed by atoms with Crippen molar-refractivity contribution < 1.29 is 35.1 Å². The first-order valence-corrected chi connectivity index (χ1v) is 8.34. The summed E-state index contributed by atoms with van der Waals surface area (Å²) in [6.07, 6.45) is -9.72. The second-order valence-corrected chi connectivity index (χ2v) is 7.28. The van der Waals surface area contributed by atoms with Crippen molar-refractivity contribution in [3.05, 3.63) is 59.2 Å². The maximum absolute atomic E-state index is 13.4. The van der Waals surface area contributed by atoms with Crippen molar-refractivity contribution in [2.24, 2.45) is 0 Å². The summed E-state index contributed by atoms with van der Waals surface area (Å²) in [6, 6.07) is 2.87. The van der Waals surface area contributed by atoms with Gasteiger partial charge in [-0.2, -0.15) is 26.3 Å². The van der Waals surface area contributed by atoms with Crippen LogP contribution in [0.1, 0.15) is 11.1 Å². The van der Waals surface area contributed by atoms with E-state index in [-0.39, 0.29) is 22.7 Å². The summed E-state index contributed by atoms with van der Waals surface area (Å²) in [5.41, 5.74) is -2.67. The number of hydrogen-bond acceptors (Lipinski definition) is 0. The minimum Gasteiger partial charge on any atom is -0.207 e. The molecule has 0 saturated carbocycles. The van der Waals surface area contributed by atoms with Gasteiger partial charge in [-0.3, -0.25) is 0 Å². The van der Waals surface area contributed by atoms with Crippen LogP contribution in [0.5, 0.6) is 0 Å². The average Bonchev–Trinajstić information content (AvgIpc) is 2.43. The summed E-state index contributed by atoms with van der Waals surface area (Å²) in [6.45, 7) is 0. The van der Waals surface area contributed by atoms with Crippen molar-refractivity contribution in [2.75, 3.05) is 0 Å². The van der Waals surface area contributed by atoms with Crippen molar-refractivity contribution in [1.82, 2.24) is 0 Å². The van der Waals surface area contributed by atoms with E-state index in [1.54, 1.807) is 0 Å². The van der Waals surface area contributed by atoms with E-state index in [1.165, 1.54) is 0 Å². The van der Waals surface area contributed by atoms with E-state index < -0.39 is 42.4 Å². The van der Waals surface area contributed by atoms with E-state index in [9.17, 15) is 35.1 Å². The molecular formula is C14H6ClF8P. The molecular weight excluding hydrogens is 387 g/mol. The molecule has 0 unspecified atom stereocenters. The van der Waals surface area contributed by atoms with Crippen LogP contribution in [0.4, 0.5) is 35.1 Å². The van der Waals surface area contributed by atoms with E-state index in [2.05, 4.69) is 0 Å². The molecule has 130 valence electrons. The molecule has 2 aromatic rings. The minimum atomic E-state index is -4.86. The minimum absolute atomic E-state index is 0.232. The molecule has 0 fully saturated rings. The largest absolute Gasteiger partial charge is 0.416 e. The number of benzene rings is 2. The Morgan fingerprint density at radius 1 is 0.625 bits per heavy atom. The molecule has 0 aliphatic rings. The standard InChI is InChI=1S/C14H6ClF8P/c15-24(11-3-7(13(18,19)20)1-9(16)5-11)12-4-8(14(21,22)23)2-10(17)6-12/h1-6H. The molecule has 0 aliphatic heterocycles. The highest BCUT2D eigenvalue weighted by molar-refractivity contribution is 7.95. The fraction of sp³-hybridized carbons (Fsp3) is 0.143. The lowest BCUT2D eigenvalue weighted by Gasteiger charge is -2.15. The first-order valence-electron chi connectivity index (χ1n) is 6.09. The Labute approximate surface area is 136 Å². The number of rotatable bonds is 2. The maximum atomic E-state index is 13.4. The Hall–Kier alpha value is -1.40. The lowest BCUT2D eigenvalue weighted by Crippen LogP contribution is -2.16. The van der Waals surface area contributed by atoms with Gasteiger partial charge in [-0.15, -0.1) is 0 Å². The molecule has 0 spiro atoms. The van der Waals surface area contributed by atoms with Crippen LogP contribution >= 0.6 is 18.5 Å². The van der Waals surface area contributed by atoms with Crippen LogP contribution in [0.2, 0.25) is 0 Å². The number of halogens is 9. The van der Waals surface area contributed by atoms with E-state index in [4.69, 9.17) is 11.2 Å². The summed E-state index contributed by atoms with van der Waals surface area (Å²) in [5.74, 6) is -2.50. The fourth-order valence-corrected chi connectivity index (χ4v) is 3.71. The van der Waals surface area contributed by atoms with Crippen LogP contribution in [0.25, 0.3) is 0 Å². The Bertz CT molecular complexity index is 690. The van der Waals surface area contributed by atoms with E-state index in [0.717, 1.165) is 0 Å². The van der Waals surface area contributed by atoms with Crippen molar-refractivity contribution >= 4 is 29.1 Å². The van der Waals surface area contributed by atoms with Crippen LogP contribution in [-0.2, 0) is 12.4 Å². The monoisotopic (exact) mass is 392 g/mol. The van der Waals surface area contributed by atoms with E-state index in [1.807, 2.05) is 0 Å². The van der Waals surface area contributed by atoms with E-state index in [0.29, 0.717) is 24.3 Å². The summed E-state index contributed by atoms with van der Waals surface area (Å²) >= 11 is 5.92. The first kappa shape index (κ1) is 18.9. The molecule has 0 heterocycles. The molecule has 2 rings (SSSR count). The van der Waals surface area contributed by atoms with Gasteiger partial charge in [0.1, 0.15) is 11.6 Å². The molecule has 0 aromatic heterocycles. The van der Waals surface area contributed by atoms with Crippen molar-refractivity contribution in [1.29, 1.82) is 0 Å². The van der Waals surface area contributed by atoms with Crippen LogP contribution in [0.15, 0.2) is 36.4 Å². The molecule has 0 aliphatic carbocycles. The van der Waals surface area contributed by atoms with Gasteiger partial charge in [0.25, 0.3) is 0 Å². The van der Waals surface area contributed by atoms with Gasteiger partial charge in [0.05, 0.1) is 18.4 Å². The van der Waals surface area contributed by atoms with Crippen molar-refractivity contribution in [3.63, 3.8) is 0 Å². The summed E-state index contributed by atoms with van der Waals surface area (Å²) < 4.78 is 103. The normalized spacial score (nSPS) is 12.8. The van der Waals surface area contributed by atoms with Crippen molar-refractivity contribution in [2.45, 2.75) is 12.4 Å². The maximum Gasteiger partial charge on any atom is 0.416 e. The van der Waals surface area contributed by atoms with E-state index >= 15 is 0 Å². The average molecular weight is 393 g/mol. The molecule has 0 bridgehead atoms. The van der Waals surface area contributed by atoms with Gasteiger partial charge in [0.15, 0.2) is 0 Å². The second kappa shape index (κ2) is 6.48. The molecule has 0 N–H and O–H groups in total. The predicted molar refractivity (Wildman–Crippen MR) is 74.8 cm³/mol. The van der Waals surface area contributed by atoms with Gasteiger partial charge in [0.2, 0.25) is 0 Å². The van der Waals surface area contributed by atoms with Gasteiger partial charge in [0, 0.05) is 0 Å². The Balaban J connectivity index is 2.51. The molecule has 0 atom stereocenters. The van der Waals surface area contributed by atoms with Gasteiger partial charge < -0.3 is 0 Å². The number of hydrogen-bond donors (Lipinski definition) is 0. The molecule has 0 radical (unpaired) electrons.